The molecule has 2 amide bonds. The molecular formula is C42H47N5O8S. The molecule has 4 N–H and O–H groups in total. The van der Waals surface area contributed by atoms with E-state index in [9.17, 15) is 32.7 Å². The summed E-state index contributed by atoms with van der Waals surface area (Å²) in [5, 5.41) is 24.3. The van der Waals surface area contributed by atoms with Crippen molar-refractivity contribution in [2.45, 2.75) is 75.6 Å². The lowest BCUT2D eigenvalue weighted by molar-refractivity contribution is -0.143. The summed E-state index contributed by atoms with van der Waals surface area (Å²) in [5.41, 5.74) is 3.89. The Hall–Kier alpha value is -5.60. The molecule has 13 nitrogen and oxygen atoms in total. The molecule has 294 valence electrons. The highest BCUT2D eigenvalue weighted by atomic mass is 32.2. The van der Waals surface area contributed by atoms with Crippen LogP contribution in [-0.2, 0) is 27.7 Å². The number of aromatic nitrogens is 1. The van der Waals surface area contributed by atoms with Crippen LogP contribution in [0.25, 0.3) is 0 Å². The van der Waals surface area contributed by atoms with E-state index in [0.29, 0.717) is 44.2 Å². The zero-order valence-electron chi connectivity index (χ0n) is 31.3. The van der Waals surface area contributed by atoms with Gasteiger partial charge < -0.3 is 25.7 Å². The fourth-order valence-electron chi connectivity index (χ4n) is 7.47. The fraction of sp³-hybridized carbons (Fsp3) is 0.357. The van der Waals surface area contributed by atoms with Gasteiger partial charge in [-0.15, -0.1) is 0 Å². The summed E-state index contributed by atoms with van der Waals surface area (Å²) < 4.78 is 29.1. The van der Waals surface area contributed by atoms with E-state index in [2.05, 4.69) is 20.5 Å². The summed E-state index contributed by atoms with van der Waals surface area (Å²) in [5.74, 6) is -3.36. The van der Waals surface area contributed by atoms with Crippen LogP contribution in [0.3, 0.4) is 0 Å². The highest BCUT2D eigenvalue weighted by Gasteiger charge is 2.35. The normalized spacial score (nSPS) is 17.3. The Morgan fingerprint density at radius 1 is 0.804 bits per heavy atom. The maximum Gasteiger partial charge on any atom is 0.335 e. The Balaban J connectivity index is 1.17. The standard InChI is InChI=1S/C42H47N5O8S/c1-2-47(34-19-14-30(15-20-34)42(52)53)56(54,55)36-8-6-7-31(25-36)39(48)45-38-22-21-35(46-23-4-3-5-24-46)26-37(38)40(49)44-33-18-17-32(43-27-33)16-11-28-9-12-29(13-10-28)41(50)51/h6-10,12-13,17-18,21-22,25-27,30,34H,2-5,11,14-16,19-20,23-24H2,1H3,(H,44,49)(H,45,48)(H,50,51)(H,52,53)/t30-,34-. The number of nitrogens with one attached hydrogen (secondary N) is 2. The van der Waals surface area contributed by atoms with Gasteiger partial charge in [0.15, 0.2) is 0 Å². The number of nitrogens with zero attached hydrogens (tertiary/aromatic N) is 3. The lowest BCUT2D eigenvalue weighted by atomic mass is 9.86. The highest BCUT2D eigenvalue weighted by Crippen LogP contribution is 2.32. The number of amides is 2. The number of carboxylic acid groups (broad SMARTS) is 2. The number of piperidine rings is 1. The fourth-order valence-corrected chi connectivity index (χ4v) is 9.21. The van der Waals surface area contributed by atoms with Crippen molar-refractivity contribution in [3.05, 3.63) is 113 Å². The number of aromatic carboxylic acids is 1. The Morgan fingerprint density at radius 2 is 1.54 bits per heavy atom. The van der Waals surface area contributed by atoms with Crippen LogP contribution in [0.4, 0.5) is 17.1 Å². The molecule has 0 unspecified atom stereocenters. The summed E-state index contributed by atoms with van der Waals surface area (Å²) in [7, 11) is -4.01. The van der Waals surface area contributed by atoms with Gasteiger partial charge in [-0.2, -0.15) is 4.31 Å². The van der Waals surface area contributed by atoms with Gasteiger partial charge in [-0.05, 0) is 124 Å². The molecule has 4 aromatic rings. The predicted molar refractivity (Wildman–Crippen MR) is 213 cm³/mol. The third kappa shape index (κ3) is 9.61. The molecular weight excluding hydrogens is 735 g/mol. The molecule has 1 aliphatic heterocycles. The number of rotatable bonds is 14. The summed E-state index contributed by atoms with van der Waals surface area (Å²) in [4.78, 5) is 56.9. The van der Waals surface area contributed by atoms with Crippen molar-refractivity contribution in [3.63, 3.8) is 0 Å². The first-order valence-electron chi connectivity index (χ1n) is 19.1. The van der Waals surface area contributed by atoms with E-state index in [1.54, 1.807) is 55.6 Å². The number of hydrogen-bond donors (Lipinski definition) is 4. The first-order chi connectivity index (χ1) is 26.9. The molecule has 3 aromatic carbocycles. The van der Waals surface area contributed by atoms with Gasteiger partial charge in [0.05, 0.1) is 39.5 Å². The van der Waals surface area contributed by atoms with Crippen molar-refractivity contribution in [1.29, 1.82) is 0 Å². The van der Waals surface area contributed by atoms with Crippen LogP contribution < -0.4 is 15.5 Å². The number of anilines is 3. The molecule has 1 aliphatic carbocycles. The smallest absolute Gasteiger partial charge is 0.335 e. The number of pyridine rings is 1. The third-order valence-electron chi connectivity index (χ3n) is 10.6. The van der Waals surface area contributed by atoms with Crippen LogP contribution in [0.2, 0.25) is 0 Å². The van der Waals surface area contributed by atoms with Crippen molar-refractivity contribution >= 4 is 50.8 Å². The maximum atomic E-state index is 13.9. The Labute approximate surface area is 326 Å². The topological polar surface area (TPSA) is 186 Å². The molecule has 6 rings (SSSR count). The third-order valence-corrected chi connectivity index (χ3v) is 12.7. The number of carboxylic acids is 2. The molecule has 14 heteroatoms. The van der Waals surface area contributed by atoms with Crippen LogP contribution in [-0.4, -0.2) is 77.3 Å². The number of benzene rings is 3. The van der Waals surface area contributed by atoms with Gasteiger partial charge in [-0.3, -0.25) is 19.4 Å². The first kappa shape index (κ1) is 40.1. The van der Waals surface area contributed by atoms with Crippen LogP contribution in [0, 0.1) is 5.92 Å². The second-order valence-electron chi connectivity index (χ2n) is 14.3. The quantitative estimate of drug-likeness (QED) is 0.107. The molecule has 0 radical (unpaired) electrons. The minimum Gasteiger partial charge on any atom is -0.481 e. The van der Waals surface area contributed by atoms with E-state index in [4.69, 9.17) is 5.11 Å². The van der Waals surface area contributed by atoms with E-state index >= 15 is 0 Å². The van der Waals surface area contributed by atoms with Crippen LogP contribution in [0.1, 0.15) is 94.2 Å². The van der Waals surface area contributed by atoms with Gasteiger partial charge in [-0.1, -0.05) is 25.1 Å². The first-order valence-corrected chi connectivity index (χ1v) is 20.5. The molecule has 1 aromatic heterocycles. The minimum absolute atomic E-state index is 0.0437. The molecule has 56 heavy (non-hydrogen) atoms. The monoisotopic (exact) mass is 781 g/mol. The highest BCUT2D eigenvalue weighted by molar-refractivity contribution is 7.89. The second-order valence-corrected chi connectivity index (χ2v) is 16.2. The average molecular weight is 782 g/mol. The SMILES string of the molecule is CCN([C@H]1CC[C@H](C(=O)O)CC1)S(=O)(=O)c1cccc(C(=O)Nc2ccc(N3CCCCC3)cc2C(=O)Nc2ccc(CCc3ccc(C(=O)O)cc3)nc2)c1. The summed E-state index contributed by atoms with van der Waals surface area (Å²) >= 11 is 0. The van der Waals surface area contributed by atoms with Gasteiger partial charge in [0.25, 0.3) is 11.8 Å². The van der Waals surface area contributed by atoms with E-state index in [0.717, 1.165) is 49.3 Å². The number of aryl methyl sites for hydroxylation is 2. The van der Waals surface area contributed by atoms with Crippen molar-refractivity contribution in [2.75, 3.05) is 35.2 Å². The minimum atomic E-state index is -4.01. The molecule has 1 saturated carbocycles. The maximum absolute atomic E-state index is 13.9. The number of carbonyl (C=O) groups is 4. The molecule has 1 saturated heterocycles. The van der Waals surface area contributed by atoms with Gasteiger partial charge in [0.1, 0.15) is 0 Å². The van der Waals surface area contributed by atoms with Gasteiger partial charge in [-0.25, -0.2) is 13.2 Å². The molecule has 2 aliphatic rings. The van der Waals surface area contributed by atoms with E-state index in [1.807, 2.05) is 12.1 Å². The van der Waals surface area contributed by atoms with E-state index in [-0.39, 0.29) is 39.9 Å². The second kappa shape index (κ2) is 17.9. The van der Waals surface area contributed by atoms with Gasteiger partial charge in [0.2, 0.25) is 10.0 Å². The van der Waals surface area contributed by atoms with Crippen LogP contribution >= 0.6 is 0 Å². The van der Waals surface area contributed by atoms with Crippen molar-refractivity contribution in [3.8, 4) is 0 Å². The molecule has 0 bridgehead atoms. The summed E-state index contributed by atoms with van der Waals surface area (Å²) in [6.45, 7) is 3.64. The van der Waals surface area contributed by atoms with E-state index in [1.165, 1.54) is 28.6 Å². The molecule has 2 fully saturated rings. The Morgan fingerprint density at radius 3 is 2.18 bits per heavy atom. The van der Waals surface area contributed by atoms with Crippen molar-refractivity contribution in [2.24, 2.45) is 5.92 Å². The van der Waals surface area contributed by atoms with Gasteiger partial charge >= 0.3 is 11.9 Å². The molecule has 0 spiro atoms. The lowest BCUT2D eigenvalue weighted by Crippen LogP contribution is -2.42. The molecule has 0 atom stereocenters. The lowest BCUT2D eigenvalue weighted by Gasteiger charge is -2.34. The van der Waals surface area contributed by atoms with Crippen molar-refractivity contribution < 1.29 is 37.8 Å². The predicted octanol–water partition coefficient (Wildman–Crippen LogP) is 6.71. The van der Waals surface area contributed by atoms with Crippen LogP contribution in [0.5, 0.6) is 0 Å². The van der Waals surface area contributed by atoms with Crippen LogP contribution in [0.15, 0.2) is 90.0 Å². The number of carbonyl (C=O) groups excluding carboxylic acids is 2. The van der Waals surface area contributed by atoms with Crippen molar-refractivity contribution in [1.82, 2.24) is 9.29 Å². The Kier molecular flexibility index (Phi) is 12.8. The number of hydrogen-bond acceptors (Lipinski definition) is 8. The zero-order chi connectivity index (χ0) is 39.8. The summed E-state index contributed by atoms with van der Waals surface area (Å²) in [6.07, 6.45) is 7.71. The average Bonchev–Trinajstić information content (AvgIpc) is 3.21. The van der Waals surface area contributed by atoms with E-state index < -0.39 is 39.7 Å². The number of aliphatic carboxylic acids is 1. The van der Waals surface area contributed by atoms with Gasteiger partial charge in [0, 0.05) is 42.6 Å². The number of sulfonamides is 1. The zero-order valence-corrected chi connectivity index (χ0v) is 32.1. The summed E-state index contributed by atoms with van der Waals surface area (Å²) in [6, 6.07) is 21.0. The largest absolute Gasteiger partial charge is 0.481 e. The Bertz CT molecular complexity index is 2160. The molecule has 2 heterocycles.